The molecule has 0 unspecified atom stereocenters. The van der Waals surface area contributed by atoms with Crippen molar-refractivity contribution < 1.29 is 4.39 Å². The van der Waals surface area contributed by atoms with Gasteiger partial charge in [0.05, 0.1) is 11.9 Å². The maximum Gasteiger partial charge on any atom is 0.155 e. The number of hydrogen-bond acceptors (Lipinski definition) is 3. The Morgan fingerprint density at radius 1 is 1.00 bits per heavy atom. The van der Waals surface area contributed by atoms with Gasteiger partial charge in [0.15, 0.2) is 5.65 Å². The topological polar surface area (TPSA) is 54.5 Å². The third kappa shape index (κ3) is 2.36. The Balaban J connectivity index is 1.90. The largest absolute Gasteiger partial charge is 0.261 e. The molecule has 3 aromatic heterocycles. The van der Waals surface area contributed by atoms with Crippen molar-refractivity contribution in [2.24, 2.45) is 0 Å². The highest BCUT2D eigenvalue weighted by atomic mass is 19.1. The number of aromatic amines is 1. The average molecular weight is 304 g/mol. The highest BCUT2D eigenvalue weighted by molar-refractivity contribution is 5.85. The van der Waals surface area contributed by atoms with Gasteiger partial charge in [-0.3, -0.25) is 10.1 Å². The second-order valence-electron chi connectivity index (χ2n) is 5.40. The molecule has 1 N–H and O–H groups in total. The number of aryl methyl sites for hydroxylation is 1. The maximum atomic E-state index is 13.9. The van der Waals surface area contributed by atoms with E-state index in [0.29, 0.717) is 5.56 Å². The molecule has 0 aliphatic carbocycles. The summed E-state index contributed by atoms with van der Waals surface area (Å²) in [6.45, 7) is 1.75. The van der Waals surface area contributed by atoms with Gasteiger partial charge in [0.1, 0.15) is 5.82 Å². The molecular formula is C18H13FN4. The van der Waals surface area contributed by atoms with E-state index in [1.165, 1.54) is 6.07 Å². The van der Waals surface area contributed by atoms with Gasteiger partial charge in [-0.2, -0.15) is 5.10 Å². The van der Waals surface area contributed by atoms with Crippen molar-refractivity contribution in [1.29, 1.82) is 0 Å². The summed E-state index contributed by atoms with van der Waals surface area (Å²) in [6.07, 6.45) is 5.21. The molecule has 0 saturated heterocycles. The fourth-order valence-corrected chi connectivity index (χ4v) is 2.59. The van der Waals surface area contributed by atoms with Crippen LogP contribution >= 0.6 is 0 Å². The van der Waals surface area contributed by atoms with Gasteiger partial charge < -0.3 is 0 Å². The van der Waals surface area contributed by atoms with Crippen LogP contribution in [0.3, 0.4) is 0 Å². The first-order valence-electron chi connectivity index (χ1n) is 7.23. The first-order chi connectivity index (χ1) is 11.2. The lowest BCUT2D eigenvalue weighted by Gasteiger charge is -2.09. The Morgan fingerprint density at radius 2 is 1.91 bits per heavy atom. The fourth-order valence-electron chi connectivity index (χ4n) is 2.59. The highest BCUT2D eigenvalue weighted by Crippen LogP contribution is 2.31. The summed E-state index contributed by atoms with van der Waals surface area (Å²) in [5.74, 6) is -0.234. The highest BCUT2D eigenvalue weighted by Gasteiger charge is 2.11. The Hall–Kier alpha value is -3.08. The molecule has 1 aromatic carbocycles. The lowest BCUT2D eigenvalue weighted by Crippen LogP contribution is -1.91. The number of nitrogens with zero attached hydrogens (tertiary/aromatic N) is 3. The fraction of sp³-hybridized carbons (Fsp3) is 0.0556. The zero-order chi connectivity index (χ0) is 15.8. The van der Waals surface area contributed by atoms with Crippen molar-refractivity contribution in [3.05, 3.63) is 66.4 Å². The SMILES string of the molecule is Cc1ccc(-c2ncccc2-c2cnc3[nH]ncc3c2)cc1F. The van der Waals surface area contributed by atoms with Gasteiger partial charge in [-0.15, -0.1) is 0 Å². The molecule has 0 aliphatic rings. The standard InChI is InChI=1S/C18H13FN4/c1-11-4-5-12(8-16(11)19)17-15(3-2-6-20-17)13-7-14-10-22-23-18(14)21-9-13/h2-10H,1H3,(H,21,22,23). The molecule has 0 fully saturated rings. The van der Waals surface area contributed by atoms with Gasteiger partial charge in [0, 0.05) is 34.5 Å². The van der Waals surface area contributed by atoms with Crippen LogP contribution in [0.25, 0.3) is 33.4 Å². The molecular weight excluding hydrogens is 291 g/mol. The van der Waals surface area contributed by atoms with Gasteiger partial charge in [-0.05, 0) is 30.7 Å². The van der Waals surface area contributed by atoms with Crippen LogP contribution in [-0.2, 0) is 0 Å². The van der Waals surface area contributed by atoms with Gasteiger partial charge in [0.2, 0.25) is 0 Å². The summed E-state index contributed by atoms with van der Waals surface area (Å²) in [4.78, 5) is 8.81. The van der Waals surface area contributed by atoms with Crippen LogP contribution in [0.2, 0.25) is 0 Å². The van der Waals surface area contributed by atoms with Gasteiger partial charge >= 0.3 is 0 Å². The molecule has 4 aromatic rings. The van der Waals surface area contributed by atoms with Crippen LogP contribution in [0.4, 0.5) is 4.39 Å². The molecule has 23 heavy (non-hydrogen) atoms. The van der Waals surface area contributed by atoms with Crippen molar-refractivity contribution in [2.45, 2.75) is 6.92 Å². The van der Waals surface area contributed by atoms with Crippen LogP contribution in [0.1, 0.15) is 5.56 Å². The number of pyridine rings is 2. The molecule has 3 heterocycles. The third-order valence-electron chi connectivity index (χ3n) is 3.86. The zero-order valence-corrected chi connectivity index (χ0v) is 12.4. The summed E-state index contributed by atoms with van der Waals surface area (Å²) in [5.41, 5.74) is 4.66. The molecule has 0 radical (unpaired) electrons. The number of benzene rings is 1. The quantitative estimate of drug-likeness (QED) is 0.605. The lowest BCUT2D eigenvalue weighted by molar-refractivity contribution is 0.619. The van der Waals surface area contributed by atoms with Gasteiger partial charge in [0.25, 0.3) is 0 Å². The number of fused-ring (bicyclic) bond motifs is 1. The minimum Gasteiger partial charge on any atom is -0.261 e. The zero-order valence-electron chi connectivity index (χ0n) is 12.4. The first kappa shape index (κ1) is 13.6. The number of nitrogens with one attached hydrogen (secondary N) is 1. The smallest absolute Gasteiger partial charge is 0.155 e. The number of H-pyrrole nitrogens is 1. The average Bonchev–Trinajstić information content (AvgIpc) is 3.05. The second kappa shape index (κ2) is 5.28. The third-order valence-corrected chi connectivity index (χ3v) is 3.86. The maximum absolute atomic E-state index is 13.9. The van der Waals surface area contributed by atoms with E-state index in [1.807, 2.05) is 24.3 Å². The Kier molecular flexibility index (Phi) is 3.12. The normalized spacial score (nSPS) is 11.0. The van der Waals surface area contributed by atoms with Crippen molar-refractivity contribution in [1.82, 2.24) is 20.2 Å². The molecule has 0 saturated carbocycles. The second-order valence-corrected chi connectivity index (χ2v) is 5.40. The number of aromatic nitrogens is 4. The van der Waals surface area contributed by atoms with E-state index >= 15 is 0 Å². The van der Waals surface area contributed by atoms with E-state index in [1.54, 1.807) is 31.6 Å². The lowest BCUT2D eigenvalue weighted by atomic mass is 9.99. The Bertz CT molecular complexity index is 1010. The minimum atomic E-state index is -0.234. The van der Waals surface area contributed by atoms with Crippen molar-refractivity contribution in [3.63, 3.8) is 0 Å². The first-order valence-corrected chi connectivity index (χ1v) is 7.23. The van der Waals surface area contributed by atoms with E-state index in [4.69, 9.17) is 0 Å². The van der Waals surface area contributed by atoms with Crippen LogP contribution in [0.5, 0.6) is 0 Å². The van der Waals surface area contributed by atoms with Gasteiger partial charge in [-0.1, -0.05) is 18.2 Å². The van der Waals surface area contributed by atoms with E-state index in [9.17, 15) is 4.39 Å². The summed E-state index contributed by atoms with van der Waals surface area (Å²) in [5, 5.41) is 7.74. The molecule has 0 atom stereocenters. The molecule has 0 spiro atoms. The predicted molar refractivity (Wildman–Crippen MR) is 87.3 cm³/mol. The molecule has 5 heteroatoms. The van der Waals surface area contributed by atoms with Crippen molar-refractivity contribution >= 4 is 11.0 Å². The van der Waals surface area contributed by atoms with Crippen LogP contribution in [0, 0.1) is 12.7 Å². The van der Waals surface area contributed by atoms with Crippen LogP contribution in [-0.4, -0.2) is 20.2 Å². The van der Waals surface area contributed by atoms with E-state index in [-0.39, 0.29) is 5.82 Å². The van der Waals surface area contributed by atoms with E-state index in [0.717, 1.165) is 33.4 Å². The summed E-state index contributed by atoms with van der Waals surface area (Å²) in [6, 6.07) is 11.0. The molecule has 4 nitrogen and oxygen atoms in total. The predicted octanol–water partition coefficient (Wildman–Crippen LogP) is 4.13. The summed E-state index contributed by atoms with van der Waals surface area (Å²) >= 11 is 0. The molecule has 0 aliphatic heterocycles. The molecule has 0 bridgehead atoms. The Labute approximate surface area is 132 Å². The van der Waals surface area contributed by atoms with Crippen LogP contribution in [0.15, 0.2) is 55.0 Å². The van der Waals surface area contributed by atoms with Gasteiger partial charge in [-0.25, -0.2) is 9.37 Å². The number of hydrogen-bond donors (Lipinski definition) is 1. The number of halogens is 1. The minimum absolute atomic E-state index is 0.234. The van der Waals surface area contributed by atoms with Crippen LogP contribution < -0.4 is 0 Å². The summed E-state index contributed by atoms with van der Waals surface area (Å²) < 4.78 is 13.9. The number of rotatable bonds is 2. The van der Waals surface area contributed by atoms with Crippen molar-refractivity contribution in [3.8, 4) is 22.4 Å². The molecule has 112 valence electrons. The van der Waals surface area contributed by atoms with E-state index in [2.05, 4.69) is 20.2 Å². The molecule has 4 rings (SSSR count). The van der Waals surface area contributed by atoms with Crippen molar-refractivity contribution in [2.75, 3.05) is 0 Å². The Morgan fingerprint density at radius 3 is 2.78 bits per heavy atom. The van der Waals surface area contributed by atoms with E-state index < -0.39 is 0 Å². The molecule has 0 amide bonds. The monoisotopic (exact) mass is 304 g/mol. The summed E-state index contributed by atoms with van der Waals surface area (Å²) in [7, 11) is 0.